The number of aromatic amines is 1. The standard InChI is InChI=1S/C17H19N5O/c1-11-8-12(2)22(21-11)15-6-4-14(5-7-15)13(3)20-17(23)16-9-18-10-19-16/h4-10,13H,1-3H3,(H,18,19)(H,20,23). The van der Waals surface area contributed by atoms with Crippen molar-refractivity contribution in [3.8, 4) is 5.69 Å². The molecule has 2 heterocycles. The molecule has 1 aromatic carbocycles. The van der Waals surface area contributed by atoms with Crippen LogP contribution in [0.5, 0.6) is 0 Å². The lowest BCUT2D eigenvalue weighted by Gasteiger charge is -2.14. The number of nitrogens with one attached hydrogen (secondary N) is 2. The maximum atomic E-state index is 12.0. The summed E-state index contributed by atoms with van der Waals surface area (Å²) < 4.78 is 1.91. The molecule has 0 fully saturated rings. The number of rotatable bonds is 4. The van der Waals surface area contributed by atoms with Gasteiger partial charge in [-0.15, -0.1) is 0 Å². The zero-order valence-corrected chi connectivity index (χ0v) is 13.4. The predicted octanol–water partition coefficient (Wildman–Crippen LogP) is 2.70. The van der Waals surface area contributed by atoms with Crippen LogP contribution in [0.3, 0.4) is 0 Å². The first-order valence-corrected chi connectivity index (χ1v) is 7.47. The lowest BCUT2D eigenvalue weighted by molar-refractivity contribution is 0.0935. The van der Waals surface area contributed by atoms with Gasteiger partial charge in [-0.1, -0.05) is 12.1 Å². The fourth-order valence-electron chi connectivity index (χ4n) is 2.53. The summed E-state index contributed by atoms with van der Waals surface area (Å²) in [4.78, 5) is 18.7. The number of imidazole rings is 1. The summed E-state index contributed by atoms with van der Waals surface area (Å²) in [6, 6.07) is 9.97. The molecule has 0 aliphatic rings. The second-order valence-corrected chi connectivity index (χ2v) is 5.59. The maximum Gasteiger partial charge on any atom is 0.269 e. The molecule has 0 bridgehead atoms. The van der Waals surface area contributed by atoms with E-state index in [0.29, 0.717) is 5.69 Å². The number of hydrogen-bond donors (Lipinski definition) is 2. The van der Waals surface area contributed by atoms with Crippen LogP contribution in [0.15, 0.2) is 42.9 Å². The van der Waals surface area contributed by atoms with Crippen molar-refractivity contribution in [3.63, 3.8) is 0 Å². The van der Waals surface area contributed by atoms with Gasteiger partial charge in [0, 0.05) is 5.69 Å². The molecule has 0 spiro atoms. The fraction of sp³-hybridized carbons (Fsp3) is 0.235. The van der Waals surface area contributed by atoms with Gasteiger partial charge in [-0.3, -0.25) is 4.79 Å². The van der Waals surface area contributed by atoms with Gasteiger partial charge in [0.05, 0.1) is 29.9 Å². The molecule has 0 aliphatic heterocycles. The molecule has 3 aromatic rings. The number of aryl methyl sites for hydroxylation is 2. The van der Waals surface area contributed by atoms with Crippen LogP contribution in [-0.2, 0) is 0 Å². The third-order valence-electron chi connectivity index (χ3n) is 3.74. The Bertz CT molecular complexity index is 802. The highest BCUT2D eigenvalue weighted by atomic mass is 16.1. The van der Waals surface area contributed by atoms with E-state index in [-0.39, 0.29) is 11.9 Å². The molecule has 6 nitrogen and oxygen atoms in total. The van der Waals surface area contributed by atoms with Crippen LogP contribution in [0.1, 0.15) is 40.4 Å². The van der Waals surface area contributed by atoms with Crippen molar-refractivity contribution < 1.29 is 4.79 Å². The van der Waals surface area contributed by atoms with Crippen molar-refractivity contribution >= 4 is 5.91 Å². The van der Waals surface area contributed by atoms with Gasteiger partial charge in [-0.25, -0.2) is 9.67 Å². The van der Waals surface area contributed by atoms with Crippen LogP contribution < -0.4 is 5.32 Å². The number of carbonyl (C=O) groups excluding carboxylic acids is 1. The van der Waals surface area contributed by atoms with Crippen molar-refractivity contribution in [2.75, 3.05) is 0 Å². The zero-order chi connectivity index (χ0) is 16.4. The highest BCUT2D eigenvalue weighted by Gasteiger charge is 2.12. The van der Waals surface area contributed by atoms with Crippen LogP contribution in [-0.4, -0.2) is 25.7 Å². The molecule has 118 valence electrons. The largest absolute Gasteiger partial charge is 0.344 e. The van der Waals surface area contributed by atoms with E-state index < -0.39 is 0 Å². The van der Waals surface area contributed by atoms with Gasteiger partial charge in [0.2, 0.25) is 0 Å². The molecule has 0 aliphatic carbocycles. The van der Waals surface area contributed by atoms with E-state index in [1.165, 1.54) is 12.5 Å². The summed E-state index contributed by atoms with van der Waals surface area (Å²) in [5, 5.41) is 7.41. The Labute approximate surface area is 134 Å². The Hall–Kier alpha value is -2.89. The minimum atomic E-state index is -0.169. The lowest BCUT2D eigenvalue weighted by atomic mass is 10.1. The maximum absolute atomic E-state index is 12.0. The monoisotopic (exact) mass is 309 g/mol. The lowest BCUT2D eigenvalue weighted by Crippen LogP contribution is -2.26. The van der Waals surface area contributed by atoms with E-state index >= 15 is 0 Å². The van der Waals surface area contributed by atoms with Gasteiger partial charge in [-0.05, 0) is 44.5 Å². The van der Waals surface area contributed by atoms with E-state index in [4.69, 9.17) is 0 Å². The van der Waals surface area contributed by atoms with E-state index in [1.807, 2.05) is 55.8 Å². The molecular formula is C17H19N5O. The average molecular weight is 309 g/mol. The molecule has 0 radical (unpaired) electrons. The molecule has 6 heteroatoms. The Kier molecular flexibility index (Phi) is 3.97. The first-order valence-electron chi connectivity index (χ1n) is 7.47. The van der Waals surface area contributed by atoms with Crippen molar-refractivity contribution in [2.24, 2.45) is 0 Å². The Morgan fingerprint density at radius 1 is 1.26 bits per heavy atom. The Balaban J connectivity index is 1.74. The highest BCUT2D eigenvalue weighted by Crippen LogP contribution is 2.17. The fourth-order valence-corrected chi connectivity index (χ4v) is 2.53. The number of nitrogens with zero attached hydrogens (tertiary/aromatic N) is 3. The van der Waals surface area contributed by atoms with Crippen molar-refractivity contribution in [1.29, 1.82) is 0 Å². The molecule has 1 amide bonds. The van der Waals surface area contributed by atoms with Gasteiger partial charge >= 0.3 is 0 Å². The summed E-state index contributed by atoms with van der Waals surface area (Å²) in [7, 11) is 0. The summed E-state index contributed by atoms with van der Waals surface area (Å²) in [5.41, 5.74) is 4.58. The van der Waals surface area contributed by atoms with E-state index in [9.17, 15) is 4.79 Å². The number of carbonyl (C=O) groups is 1. The molecule has 0 saturated heterocycles. The SMILES string of the molecule is Cc1cc(C)n(-c2ccc(C(C)NC(=O)c3cnc[nH]3)cc2)n1. The topological polar surface area (TPSA) is 75.6 Å². The molecular weight excluding hydrogens is 290 g/mol. The second kappa shape index (κ2) is 6.08. The first-order chi connectivity index (χ1) is 11.0. The van der Waals surface area contributed by atoms with Gasteiger partial charge in [0.1, 0.15) is 5.69 Å². The van der Waals surface area contributed by atoms with Gasteiger partial charge in [0.15, 0.2) is 0 Å². The van der Waals surface area contributed by atoms with Crippen molar-refractivity contribution in [2.45, 2.75) is 26.8 Å². The molecule has 1 atom stereocenters. The van der Waals surface area contributed by atoms with Crippen LogP contribution in [0, 0.1) is 13.8 Å². The second-order valence-electron chi connectivity index (χ2n) is 5.59. The molecule has 0 saturated carbocycles. The predicted molar refractivity (Wildman–Crippen MR) is 87.5 cm³/mol. The van der Waals surface area contributed by atoms with E-state index in [0.717, 1.165) is 22.6 Å². The van der Waals surface area contributed by atoms with Crippen LogP contribution in [0.4, 0.5) is 0 Å². The average Bonchev–Trinajstić information content (AvgIpc) is 3.17. The summed E-state index contributed by atoms with van der Waals surface area (Å²) in [6.07, 6.45) is 3.00. The third kappa shape index (κ3) is 3.15. The molecule has 23 heavy (non-hydrogen) atoms. The van der Waals surface area contributed by atoms with Crippen molar-refractivity contribution in [3.05, 3.63) is 65.5 Å². The van der Waals surface area contributed by atoms with E-state index in [2.05, 4.69) is 20.4 Å². The highest BCUT2D eigenvalue weighted by molar-refractivity contribution is 5.92. The quantitative estimate of drug-likeness (QED) is 0.778. The van der Waals surface area contributed by atoms with E-state index in [1.54, 1.807) is 0 Å². The zero-order valence-electron chi connectivity index (χ0n) is 13.4. The Morgan fingerprint density at radius 2 is 2.00 bits per heavy atom. The Morgan fingerprint density at radius 3 is 2.57 bits per heavy atom. The normalized spacial score (nSPS) is 12.1. The smallest absolute Gasteiger partial charge is 0.269 e. The van der Waals surface area contributed by atoms with Crippen LogP contribution in [0.25, 0.3) is 5.69 Å². The number of H-pyrrole nitrogens is 1. The number of amides is 1. The minimum absolute atomic E-state index is 0.0969. The summed E-state index contributed by atoms with van der Waals surface area (Å²) in [6.45, 7) is 5.96. The number of hydrogen-bond acceptors (Lipinski definition) is 3. The van der Waals surface area contributed by atoms with Crippen molar-refractivity contribution in [1.82, 2.24) is 25.1 Å². The minimum Gasteiger partial charge on any atom is -0.344 e. The molecule has 1 unspecified atom stereocenters. The van der Waals surface area contributed by atoms with Gasteiger partial charge in [-0.2, -0.15) is 5.10 Å². The number of benzene rings is 1. The summed E-state index contributed by atoms with van der Waals surface area (Å²) >= 11 is 0. The molecule has 2 aromatic heterocycles. The van der Waals surface area contributed by atoms with Gasteiger partial charge < -0.3 is 10.3 Å². The molecule has 2 N–H and O–H groups in total. The molecule has 3 rings (SSSR count). The first kappa shape index (κ1) is 15.0. The summed E-state index contributed by atoms with van der Waals surface area (Å²) in [5.74, 6) is -0.169. The van der Waals surface area contributed by atoms with Crippen LogP contribution >= 0.6 is 0 Å². The number of aromatic nitrogens is 4. The third-order valence-corrected chi connectivity index (χ3v) is 3.74. The van der Waals surface area contributed by atoms with Gasteiger partial charge in [0.25, 0.3) is 5.91 Å². The van der Waals surface area contributed by atoms with Crippen LogP contribution in [0.2, 0.25) is 0 Å².